The second-order valence-corrected chi connectivity index (χ2v) is 6.99. The number of phenols is 1. The van der Waals surface area contributed by atoms with Crippen LogP contribution >= 0.6 is 0 Å². The molecule has 2 unspecified atom stereocenters. The van der Waals surface area contributed by atoms with Crippen LogP contribution in [0.25, 0.3) is 0 Å². The highest BCUT2D eigenvalue weighted by Gasteiger charge is 2.12. The molecule has 0 fully saturated rings. The van der Waals surface area contributed by atoms with E-state index in [2.05, 4.69) is 74.5 Å². The standard InChI is InChI=1S/C24H26O/c1-18(21-9-5-3-6-10-21)15-20-13-14-24(25)23(17-20)16-19(2)22-11-7-4-8-12-22/h3-14,17-19,25H,15-16H2,1-2H3. The molecule has 0 aliphatic rings. The van der Waals surface area contributed by atoms with Crippen LogP contribution in [-0.4, -0.2) is 5.11 Å². The van der Waals surface area contributed by atoms with Gasteiger partial charge >= 0.3 is 0 Å². The van der Waals surface area contributed by atoms with Crippen molar-refractivity contribution in [3.05, 3.63) is 101 Å². The third-order valence-corrected chi connectivity index (χ3v) is 4.95. The van der Waals surface area contributed by atoms with Crippen molar-refractivity contribution in [2.24, 2.45) is 0 Å². The maximum absolute atomic E-state index is 10.3. The Balaban J connectivity index is 1.74. The zero-order valence-corrected chi connectivity index (χ0v) is 15.0. The second kappa shape index (κ2) is 8.02. The van der Waals surface area contributed by atoms with E-state index in [1.54, 1.807) is 0 Å². The van der Waals surface area contributed by atoms with E-state index < -0.39 is 0 Å². The summed E-state index contributed by atoms with van der Waals surface area (Å²) in [5.74, 6) is 1.25. The van der Waals surface area contributed by atoms with Gasteiger partial charge in [-0.2, -0.15) is 0 Å². The van der Waals surface area contributed by atoms with Gasteiger partial charge in [0.1, 0.15) is 5.75 Å². The highest BCUT2D eigenvalue weighted by molar-refractivity contribution is 5.38. The molecule has 3 aromatic rings. The molecule has 1 heteroatoms. The molecular weight excluding hydrogens is 304 g/mol. The summed E-state index contributed by atoms with van der Waals surface area (Å²) in [6, 6.07) is 27.2. The molecule has 0 aliphatic carbocycles. The SMILES string of the molecule is CC(Cc1ccc(O)c(CC(C)c2ccccc2)c1)c1ccccc1. The van der Waals surface area contributed by atoms with Crippen LogP contribution in [0.4, 0.5) is 0 Å². The van der Waals surface area contributed by atoms with Gasteiger partial charge in [0.25, 0.3) is 0 Å². The molecule has 25 heavy (non-hydrogen) atoms. The predicted molar refractivity (Wildman–Crippen MR) is 105 cm³/mol. The molecule has 0 radical (unpaired) electrons. The van der Waals surface area contributed by atoms with Gasteiger partial charge in [0.15, 0.2) is 0 Å². The Kier molecular flexibility index (Phi) is 5.55. The third-order valence-electron chi connectivity index (χ3n) is 4.95. The Labute approximate surface area is 151 Å². The Morgan fingerprint density at radius 1 is 0.680 bits per heavy atom. The normalized spacial score (nSPS) is 13.4. The van der Waals surface area contributed by atoms with Crippen LogP contribution in [0.2, 0.25) is 0 Å². The van der Waals surface area contributed by atoms with Crippen LogP contribution in [0, 0.1) is 0 Å². The summed E-state index contributed by atoms with van der Waals surface area (Å²) >= 11 is 0. The summed E-state index contributed by atoms with van der Waals surface area (Å²) in [4.78, 5) is 0. The van der Waals surface area contributed by atoms with Crippen LogP contribution in [0.15, 0.2) is 78.9 Å². The molecule has 0 saturated carbocycles. The zero-order chi connectivity index (χ0) is 17.6. The monoisotopic (exact) mass is 330 g/mol. The highest BCUT2D eigenvalue weighted by atomic mass is 16.3. The van der Waals surface area contributed by atoms with E-state index in [0.717, 1.165) is 18.4 Å². The van der Waals surface area contributed by atoms with Gasteiger partial charge in [-0.25, -0.2) is 0 Å². The molecule has 128 valence electrons. The first kappa shape index (κ1) is 17.3. The molecule has 0 heterocycles. The first-order valence-corrected chi connectivity index (χ1v) is 9.04. The van der Waals surface area contributed by atoms with E-state index in [9.17, 15) is 5.11 Å². The van der Waals surface area contributed by atoms with Crippen LogP contribution < -0.4 is 0 Å². The third kappa shape index (κ3) is 4.51. The number of hydrogen-bond donors (Lipinski definition) is 1. The van der Waals surface area contributed by atoms with E-state index in [4.69, 9.17) is 0 Å². The summed E-state index contributed by atoms with van der Waals surface area (Å²) in [6.07, 6.45) is 1.83. The van der Waals surface area contributed by atoms with Crippen LogP contribution in [0.1, 0.15) is 47.9 Å². The van der Waals surface area contributed by atoms with Crippen molar-refractivity contribution in [2.45, 2.75) is 38.5 Å². The molecule has 0 aliphatic heterocycles. The van der Waals surface area contributed by atoms with E-state index in [0.29, 0.717) is 17.6 Å². The molecule has 3 aromatic carbocycles. The molecule has 0 aromatic heterocycles. The lowest BCUT2D eigenvalue weighted by atomic mass is 9.90. The van der Waals surface area contributed by atoms with Gasteiger partial charge in [0.2, 0.25) is 0 Å². The summed E-state index contributed by atoms with van der Waals surface area (Å²) < 4.78 is 0. The van der Waals surface area contributed by atoms with Gasteiger partial charge in [-0.15, -0.1) is 0 Å². The molecule has 2 atom stereocenters. The topological polar surface area (TPSA) is 20.2 Å². The van der Waals surface area contributed by atoms with Crippen molar-refractivity contribution in [1.82, 2.24) is 0 Å². The minimum Gasteiger partial charge on any atom is -0.508 e. The quantitative estimate of drug-likeness (QED) is 0.580. The maximum Gasteiger partial charge on any atom is 0.118 e. The first-order valence-electron chi connectivity index (χ1n) is 9.04. The Morgan fingerprint density at radius 2 is 1.20 bits per heavy atom. The molecule has 0 spiro atoms. The van der Waals surface area contributed by atoms with Crippen molar-refractivity contribution in [2.75, 3.05) is 0 Å². The lowest BCUT2D eigenvalue weighted by molar-refractivity contribution is 0.465. The average molecular weight is 330 g/mol. The minimum atomic E-state index is 0.383. The zero-order valence-electron chi connectivity index (χ0n) is 15.0. The molecule has 0 saturated heterocycles. The van der Waals surface area contributed by atoms with Crippen molar-refractivity contribution < 1.29 is 5.11 Å². The van der Waals surface area contributed by atoms with Gasteiger partial charge in [-0.1, -0.05) is 86.6 Å². The maximum atomic E-state index is 10.3. The molecule has 0 amide bonds. The summed E-state index contributed by atoms with van der Waals surface area (Å²) in [5, 5.41) is 10.3. The number of benzene rings is 3. The number of hydrogen-bond acceptors (Lipinski definition) is 1. The van der Waals surface area contributed by atoms with Crippen molar-refractivity contribution in [3.63, 3.8) is 0 Å². The second-order valence-electron chi connectivity index (χ2n) is 6.99. The van der Waals surface area contributed by atoms with Gasteiger partial charge in [0, 0.05) is 0 Å². The van der Waals surface area contributed by atoms with E-state index in [-0.39, 0.29) is 0 Å². The van der Waals surface area contributed by atoms with Gasteiger partial charge in [0.05, 0.1) is 0 Å². The van der Waals surface area contributed by atoms with Crippen LogP contribution in [0.3, 0.4) is 0 Å². The van der Waals surface area contributed by atoms with Gasteiger partial charge in [-0.3, -0.25) is 0 Å². The number of phenolic OH excluding ortho intramolecular Hbond substituents is 1. The minimum absolute atomic E-state index is 0.383. The van der Waals surface area contributed by atoms with E-state index >= 15 is 0 Å². The van der Waals surface area contributed by atoms with E-state index in [1.807, 2.05) is 18.2 Å². The van der Waals surface area contributed by atoms with Crippen molar-refractivity contribution in [3.8, 4) is 5.75 Å². The Bertz CT molecular complexity index is 793. The first-order chi connectivity index (χ1) is 12.1. The average Bonchev–Trinajstić information content (AvgIpc) is 2.66. The largest absolute Gasteiger partial charge is 0.508 e. The fourth-order valence-electron chi connectivity index (χ4n) is 3.41. The van der Waals surface area contributed by atoms with Crippen molar-refractivity contribution >= 4 is 0 Å². The van der Waals surface area contributed by atoms with Gasteiger partial charge < -0.3 is 5.11 Å². The molecular formula is C24H26O. The summed E-state index contributed by atoms with van der Waals surface area (Å²) in [6.45, 7) is 4.47. The fourth-order valence-corrected chi connectivity index (χ4v) is 3.41. The predicted octanol–water partition coefficient (Wildman–Crippen LogP) is 6.08. The fraction of sp³-hybridized carbons (Fsp3) is 0.250. The smallest absolute Gasteiger partial charge is 0.118 e. The number of aromatic hydroxyl groups is 1. The molecule has 1 N–H and O–H groups in total. The molecule has 3 rings (SSSR count). The molecule has 0 bridgehead atoms. The molecule has 1 nitrogen and oxygen atoms in total. The number of rotatable bonds is 6. The van der Waals surface area contributed by atoms with Crippen molar-refractivity contribution in [1.29, 1.82) is 0 Å². The Morgan fingerprint density at radius 3 is 1.76 bits per heavy atom. The van der Waals surface area contributed by atoms with Crippen LogP contribution in [-0.2, 0) is 12.8 Å². The lowest BCUT2D eigenvalue weighted by Gasteiger charge is -2.16. The van der Waals surface area contributed by atoms with Crippen LogP contribution in [0.5, 0.6) is 5.75 Å². The lowest BCUT2D eigenvalue weighted by Crippen LogP contribution is -2.02. The van der Waals surface area contributed by atoms with Gasteiger partial charge in [-0.05, 0) is 53.0 Å². The highest BCUT2D eigenvalue weighted by Crippen LogP contribution is 2.28. The summed E-state index contributed by atoms with van der Waals surface area (Å²) in [7, 11) is 0. The summed E-state index contributed by atoms with van der Waals surface area (Å²) in [5.41, 5.74) is 4.98. The van der Waals surface area contributed by atoms with E-state index in [1.165, 1.54) is 16.7 Å². The Hall–Kier alpha value is -2.54.